The van der Waals surface area contributed by atoms with Gasteiger partial charge in [-0.15, -0.1) is 0 Å². The molecule has 144 valence electrons. The van der Waals surface area contributed by atoms with Crippen LogP contribution in [0.2, 0.25) is 0 Å². The summed E-state index contributed by atoms with van der Waals surface area (Å²) < 4.78 is 7.92. The van der Waals surface area contributed by atoms with Crippen molar-refractivity contribution in [1.82, 2.24) is 9.55 Å². The van der Waals surface area contributed by atoms with Crippen LogP contribution in [0.15, 0.2) is 54.7 Å². The maximum atomic E-state index is 12.6. The van der Waals surface area contributed by atoms with Crippen molar-refractivity contribution in [3.05, 3.63) is 66.1 Å². The molecule has 0 bridgehead atoms. The summed E-state index contributed by atoms with van der Waals surface area (Å²) in [4.78, 5) is 17.1. The van der Waals surface area contributed by atoms with Gasteiger partial charge in [0.1, 0.15) is 11.6 Å². The molecule has 5 nitrogen and oxygen atoms in total. The summed E-state index contributed by atoms with van der Waals surface area (Å²) in [5, 5.41) is 2.99. The van der Waals surface area contributed by atoms with Crippen molar-refractivity contribution in [2.24, 2.45) is 0 Å². The van der Waals surface area contributed by atoms with Crippen LogP contribution in [-0.2, 0) is 13.0 Å². The number of imidazole rings is 1. The normalized spacial score (nSPS) is 12.6. The summed E-state index contributed by atoms with van der Waals surface area (Å²) in [6, 6.07) is 15.2. The van der Waals surface area contributed by atoms with Crippen molar-refractivity contribution in [3.63, 3.8) is 0 Å². The second-order valence-corrected chi connectivity index (χ2v) is 7.08. The van der Waals surface area contributed by atoms with Crippen molar-refractivity contribution in [1.29, 1.82) is 0 Å². The molecule has 0 aliphatic carbocycles. The van der Waals surface area contributed by atoms with Crippen molar-refractivity contribution < 1.29 is 9.53 Å². The Kier molecular flexibility index (Phi) is 5.42. The molecule has 0 atom stereocenters. The minimum absolute atomic E-state index is 0.129. The van der Waals surface area contributed by atoms with Crippen LogP contribution in [0, 0.1) is 0 Å². The van der Waals surface area contributed by atoms with Gasteiger partial charge in [0.15, 0.2) is 0 Å². The molecule has 0 fully saturated rings. The molecule has 1 N–H and O–H groups in total. The van der Waals surface area contributed by atoms with Crippen LogP contribution in [0.1, 0.15) is 42.4 Å². The number of amides is 1. The van der Waals surface area contributed by atoms with Crippen LogP contribution in [-0.4, -0.2) is 22.1 Å². The number of ether oxygens (including phenoxy) is 1. The molecule has 0 saturated carbocycles. The molecule has 0 radical (unpaired) electrons. The Morgan fingerprint density at radius 2 is 2.07 bits per heavy atom. The Morgan fingerprint density at radius 3 is 2.89 bits per heavy atom. The first kappa shape index (κ1) is 18.3. The lowest BCUT2D eigenvalue weighted by molar-refractivity contribution is 0.102. The van der Waals surface area contributed by atoms with E-state index < -0.39 is 0 Å². The minimum atomic E-state index is -0.129. The molecule has 0 unspecified atom stereocenters. The SMILES string of the molecule is CCCCOc1ccc(C(=O)Nc2cccc(-c3cnc4n3CCC4)c2)cc1. The van der Waals surface area contributed by atoms with Gasteiger partial charge in [-0.25, -0.2) is 4.98 Å². The second-order valence-electron chi connectivity index (χ2n) is 7.08. The van der Waals surface area contributed by atoms with E-state index in [9.17, 15) is 4.79 Å². The number of aryl methyl sites for hydroxylation is 1. The molecule has 28 heavy (non-hydrogen) atoms. The highest BCUT2D eigenvalue weighted by molar-refractivity contribution is 6.04. The molecule has 5 heteroatoms. The van der Waals surface area contributed by atoms with Crippen molar-refractivity contribution in [2.45, 2.75) is 39.2 Å². The number of rotatable bonds is 7. The molecule has 1 aliphatic heterocycles. The molecule has 1 aromatic heterocycles. The van der Waals surface area contributed by atoms with E-state index in [0.717, 1.165) is 60.7 Å². The Bertz CT molecular complexity index is 960. The number of aromatic nitrogens is 2. The first-order valence-corrected chi connectivity index (χ1v) is 9.93. The highest BCUT2D eigenvalue weighted by Gasteiger charge is 2.17. The zero-order chi connectivity index (χ0) is 19.3. The lowest BCUT2D eigenvalue weighted by atomic mass is 10.1. The number of nitrogens with one attached hydrogen (secondary N) is 1. The predicted molar refractivity (Wildman–Crippen MR) is 111 cm³/mol. The molecular weight excluding hydrogens is 350 g/mol. The first-order valence-electron chi connectivity index (χ1n) is 9.93. The molecule has 2 aromatic carbocycles. The van der Waals surface area contributed by atoms with E-state index in [1.54, 1.807) is 12.1 Å². The van der Waals surface area contributed by atoms with Gasteiger partial charge < -0.3 is 14.6 Å². The topological polar surface area (TPSA) is 56.1 Å². The van der Waals surface area contributed by atoms with E-state index in [0.29, 0.717) is 12.2 Å². The Morgan fingerprint density at radius 1 is 1.21 bits per heavy atom. The molecule has 3 aromatic rings. The number of nitrogens with zero attached hydrogens (tertiary/aromatic N) is 2. The fraction of sp³-hybridized carbons (Fsp3) is 0.304. The molecule has 4 rings (SSSR count). The minimum Gasteiger partial charge on any atom is -0.494 e. The Hall–Kier alpha value is -3.08. The lowest BCUT2D eigenvalue weighted by Crippen LogP contribution is -2.11. The average molecular weight is 375 g/mol. The number of carbonyl (C=O) groups excluding carboxylic acids is 1. The number of unbranched alkanes of at least 4 members (excludes halogenated alkanes) is 1. The van der Waals surface area contributed by atoms with Gasteiger partial charge >= 0.3 is 0 Å². The third kappa shape index (κ3) is 3.93. The third-order valence-electron chi connectivity index (χ3n) is 5.02. The second kappa shape index (κ2) is 8.30. The van der Waals surface area contributed by atoms with Crippen LogP contribution < -0.4 is 10.1 Å². The predicted octanol–water partition coefficient (Wildman–Crippen LogP) is 4.93. The lowest BCUT2D eigenvalue weighted by Gasteiger charge is -2.10. The summed E-state index contributed by atoms with van der Waals surface area (Å²) in [6.45, 7) is 3.84. The fourth-order valence-corrected chi connectivity index (χ4v) is 3.49. The Labute approximate surface area is 165 Å². The van der Waals surface area contributed by atoms with Crippen LogP contribution in [0.4, 0.5) is 5.69 Å². The smallest absolute Gasteiger partial charge is 0.255 e. The van der Waals surface area contributed by atoms with Gasteiger partial charge in [0.25, 0.3) is 5.91 Å². The highest BCUT2D eigenvalue weighted by atomic mass is 16.5. The number of anilines is 1. The van der Waals surface area contributed by atoms with Crippen LogP contribution >= 0.6 is 0 Å². The maximum absolute atomic E-state index is 12.6. The molecule has 1 amide bonds. The monoisotopic (exact) mass is 375 g/mol. The molecule has 0 saturated heterocycles. The van der Waals surface area contributed by atoms with Gasteiger partial charge in [0.05, 0.1) is 18.5 Å². The summed E-state index contributed by atoms with van der Waals surface area (Å²) in [6.07, 6.45) is 6.23. The van der Waals surface area contributed by atoms with E-state index >= 15 is 0 Å². The zero-order valence-corrected chi connectivity index (χ0v) is 16.1. The van der Waals surface area contributed by atoms with Gasteiger partial charge in [0.2, 0.25) is 0 Å². The van der Waals surface area contributed by atoms with E-state index in [4.69, 9.17) is 4.74 Å². The summed E-state index contributed by atoms with van der Waals surface area (Å²) in [5.74, 6) is 1.81. The number of hydrogen-bond acceptors (Lipinski definition) is 3. The summed E-state index contributed by atoms with van der Waals surface area (Å²) in [5.41, 5.74) is 3.56. The van der Waals surface area contributed by atoms with E-state index in [-0.39, 0.29) is 5.91 Å². The number of fused-ring (bicyclic) bond motifs is 1. The quantitative estimate of drug-likeness (QED) is 0.596. The zero-order valence-electron chi connectivity index (χ0n) is 16.1. The van der Waals surface area contributed by atoms with Crippen LogP contribution in [0.25, 0.3) is 11.3 Å². The largest absolute Gasteiger partial charge is 0.494 e. The third-order valence-corrected chi connectivity index (χ3v) is 5.02. The van der Waals surface area contributed by atoms with Gasteiger partial charge in [-0.1, -0.05) is 25.5 Å². The highest BCUT2D eigenvalue weighted by Crippen LogP contribution is 2.27. The number of hydrogen-bond donors (Lipinski definition) is 1. The van der Waals surface area contributed by atoms with Gasteiger partial charge in [0, 0.05) is 29.8 Å². The molecule has 0 spiro atoms. The molecule has 2 heterocycles. The first-order chi connectivity index (χ1) is 13.7. The number of carbonyl (C=O) groups is 1. The number of benzene rings is 2. The standard InChI is InChI=1S/C23H25N3O2/c1-2-3-14-28-20-11-9-17(10-12-20)23(27)25-19-7-4-6-18(15-19)21-16-24-22-8-5-13-26(21)22/h4,6-7,9-12,15-16H,2-3,5,8,13-14H2,1H3,(H,25,27). The van der Waals surface area contributed by atoms with Crippen molar-refractivity contribution in [2.75, 3.05) is 11.9 Å². The van der Waals surface area contributed by atoms with E-state index in [2.05, 4.69) is 27.9 Å². The van der Waals surface area contributed by atoms with Crippen molar-refractivity contribution >= 4 is 11.6 Å². The Balaban J connectivity index is 1.45. The van der Waals surface area contributed by atoms with Gasteiger partial charge in [-0.3, -0.25) is 4.79 Å². The maximum Gasteiger partial charge on any atom is 0.255 e. The van der Waals surface area contributed by atoms with Crippen LogP contribution in [0.5, 0.6) is 5.75 Å². The molecule has 1 aliphatic rings. The molecular formula is C23H25N3O2. The van der Waals surface area contributed by atoms with Gasteiger partial charge in [-0.05, 0) is 49.2 Å². The fourth-order valence-electron chi connectivity index (χ4n) is 3.49. The summed E-state index contributed by atoms with van der Waals surface area (Å²) >= 11 is 0. The van der Waals surface area contributed by atoms with Crippen LogP contribution in [0.3, 0.4) is 0 Å². The van der Waals surface area contributed by atoms with Gasteiger partial charge in [-0.2, -0.15) is 0 Å². The van der Waals surface area contributed by atoms with E-state index in [1.165, 1.54) is 0 Å². The summed E-state index contributed by atoms with van der Waals surface area (Å²) in [7, 11) is 0. The van der Waals surface area contributed by atoms with Crippen molar-refractivity contribution in [3.8, 4) is 17.0 Å². The van der Waals surface area contributed by atoms with E-state index in [1.807, 2.05) is 36.5 Å². The average Bonchev–Trinajstić information content (AvgIpc) is 3.33.